The van der Waals surface area contributed by atoms with Gasteiger partial charge in [0.1, 0.15) is 6.54 Å². The van der Waals surface area contributed by atoms with Gasteiger partial charge in [-0.2, -0.15) is 4.68 Å². The normalized spacial score (nSPS) is 11.0. The van der Waals surface area contributed by atoms with Gasteiger partial charge < -0.3 is 15.0 Å². The molecule has 0 aliphatic heterocycles. The van der Waals surface area contributed by atoms with Gasteiger partial charge in [0.05, 0.1) is 0 Å². The second-order valence-electron chi connectivity index (χ2n) is 4.49. The molecule has 1 aromatic rings. The summed E-state index contributed by atoms with van der Waals surface area (Å²) in [5.41, 5.74) is 0. The SMILES string of the molecule is CC(C)N(C(=O)Cn1cnc([N+](=O)[O-])n1)C(C)C. The number of nitrogens with zero attached hydrogens (tertiary/aromatic N) is 5. The summed E-state index contributed by atoms with van der Waals surface area (Å²) in [5, 5.41) is 14.0. The zero-order valence-electron chi connectivity index (χ0n) is 10.9. The van der Waals surface area contributed by atoms with Crippen molar-refractivity contribution in [2.45, 2.75) is 46.3 Å². The van der Waals surface area contributed by atoms with E-state index in [0.717, 1.165) is 0 Å². The molecule has 8 nitrogen and oxygen atoms in total. The van der Waals surface area contributed by atoms with E-state index in [9.17, 15) is 14.9 Å². The molecule has 1 amide bonds. The topological polar surface area (TPSA) is 94.2 Å². The maximum atomic E-state index is 12.0. The van der Waals surface area contributed by atoms with Crippen molar-refractivity contribution >= 4 is 11.9 Å². The minimum absolute atomic E-state index is 0.0444. The highest BCUT2D eigenvalue weighted by Gasteiger charge is 2.22. The van der Waals surface area contributed by atoms with E-state index in [1.807, 2.05) is 27.7 Å². The molecule has 100 valence electrons. The van der Waals surface area contributed by atoms with E-state index in [-0.39, 0.29) is 24.5 Å². The van der Waals surface area contributed by atoms with Gasteiger partial charge >= 0.3 is 5.95 Å². The minimum Gasteiger partial charge on any atom is -0.390 e. The zero-order chi connectivity index (χ0) is 13.9. The standard InChI is InChI=1S/C10H17N5O3/c1-7(2)14(8(3)4)9(16)5-13-6-11-10(12-13)15(17)18/h6-8H,5H2,1-4H3. The summed E-state index contributed by atoms with van der Waals surface area (Å²) in [6.45, 7) is 7.63. The van der Waals surface area contributed by atoms with E-state index in [1.165, 1.54) is 11.0 Å². The van der Waals surface area contributed by atoms with Crippen molar-refractivity contribution in [1.82, 2.24) is 19.7 Å². The van der Waals surface area contributed by atoms with Crippen molar-refractivity contribution in [2.24, 2.45) is 0 Å². The van der Waals surface area contributed by atoms with E-state index in [2.05, 4.69) is 10.1 Å². The van der Waals surface area contributed by atoms with Crippen LogP contribution < -0.4 is 0 Å². The molecule has 0 saturated heterocycles. The van der Waals surface area contributed by atoms with Crippen molar-refractivity contribution in [2.75, 3.05) is 0 Å². The highest BCUT2D eigenvalue weighted by atomic mass is 16.6. The Kier molecular flexibility index (Phi) is 4.35. The van der Waals surface area contributed by atoms with E-state index in [0.29, 0.717) is 0 Å². The number of aromatic nitrogens is 3. The molecule has 0 unspecified atom stereocenters. The van der Waals surface area contributed by atoms with Crippen LogP contribution in [0.1, 0.15) is 27.7 Å². The molecule has 8 heteroatoms. The van der Waals surface area contributed by atoms with Crippen LogP contribution in [-0.2, 0) is 11.3 Å². The van der Waals surface area contributed by atoms with Crippen LogP contribution in [0.2, 0.25) is 0 Å². The number of amides is 1. The van der Waals surface area contributed by atoms with Crippen molar-refractivity contribution < 1.29 is 9.72 Å². The van der Waals surface area contributed by atoms with Gasteiger partial charge in [-0.3, -0.25) is 4.79 Å². The molecule has 0 radical (unpaired) electrons. The lowest BCUT2D eigenvalue weighted by Crippen LogP contribution is -2.43. The van der Waals surface area contributed by atoms with Crippen molar-refractivity contribution in [3.8, 4) is 0 Å². The Hall–Kier alpha value is -1.99. The van der Waals surface area contributed by atoms with Gasteiger partial charge in [0.25, 0.3) is 0 Å². The Morgan fingerprint density at radius 1 is 1.44 bits per heavy atom. The first kappa shape index (κ1) is 14.1. The highest BCUT2D eigenvalue weighted by Crippen LogP contribution is 2.07. The summed E-state index contributed by atoms with van der Waals surface area (Å²) in [6, 6.07) is 0.131. The fraction of sp³-hybridized carbons (Fsp3) is 0.700. The Morgan fingerprint density at radius 3 is 2.39 bits per heavy atom. The molecule has 0 fully saturated rings. The van der Waals surface area contributed by atoms with Gasteiger partial charge in [-0.1, -0.05) is 4.98 Å². The van der Waals surface area contributed by atoms with Crippen LogP contribution in [0.3, 0.4) is 0 Å². The molecule has 0 aliphatic carbocycles. The monoisotopic (exact) mass is 255 g/mol. The fourth-order valence-corrected chi connectivity index (χ4v) is 1.84. The molecular weight excluding hydrogens is 238 g/mol. The summed E-state index contributed by atoms with van der Waals surface area (Å²) in [7, 11) is 0. The highest BCUT2D eigenvalue weighted by molar-refractivity contribution is 5.76. The second kappa shape index (κ2) is 5.56. The van der Waals surface area contributed by atoms with E-state index >= 15 is 0 Å². The van der Waals surface area contributed by atoms with E-state index < -0.39 is 10.9 Å². The lowest BCUT2D eigenvalue weighted by molar-refractivity contribution is -0.394. The van der Waals surface area contributed by atoms with Gasteiger partial charge in [-0.05, 0) is 32.6 Å². The van der Waals surface area contributed by atoms with E-state index in [1.54, 1.807) is 4.90 Å². The first-order chi connectivity index (χ1) is 8.32. The number of carbonyl (C=O) groups excluding carboxylic acids is 1. The zero-order valence-corrected chi connectivity index (χ0v) is 10.9. The third-order valence-electron chi connectivity index (χ3n) is 2.39. The smallest absolute Gasteiger partial charge is 0.390 e. The fourth-order valence-electron chi connectivity index (χ4n) is 1.84. The first-order valence-electron chi connectivity index (χ1n) is 5.68. The van der Waals surface area contributed by atoms with Crippen molar-refractivity contribution in [1.29, 1.82) is 0 Å². The summed E-state index contributed by atoms with van der Waals surface area (Å²) in [5.74, 6) is -0.636. The lowest BCUT2D eigenvalue weighted by Gasteiger charge is -2.30. The number of carbonyl (C=O) groups is 1. The van der Waals surface area contributed by atoms with Gasteiger partial charge in [0.2, 0.25) is 12.2 Å². The molecule has 0 saturated carbocycles. The van der Waals surface area contributed by atoms with Crippen LogP contribution >= 0.6 is 0 Å². The Labute approximate surface area is 105 Å². The molecule has 18 heavy (non-hydrogen) atoms. The minimum atomic E-state index is -0.691. The molecule has 1 heterocycles. The van der Waals surface area contributed by atoms with Crippen molar-refractivity contribution in [3.63, 3.8) is 0 Å². The second-order valence-corrected chi connectivity index (χ2v) is 4.49. The molecule has 0 spiro atoms. The van der Waals surface area contributed by atoms with Crippen LogP contribution in [0.5, 0.6) is 0 Å². The number of rotatable bonds is 5. The van der Waals surface area contributed by atoms with Crippen LogP contribution in [0.4, 0.5) is 5.95 Å². The summed E-state index contributed by atoms with van der Waals surface area (Å²) >= 11 is 0. The molecular formula is C10H17N5O3. The summed E-state index contributed by atoms with van der Waals surface area (Å²) in [4.78, 5) is 27.0. The Bertz CT molecular complexity index is 432. The predicted molar refractivity (Wildman–Crippen MR) is 63.8 cm³/mol. The molecule has 0 aromatic carbocycles. The quantitative estimate of drug-likeness (QED) is 0.573. The largest absolute Gasteiger partial charge is 0.490 e. The molecule has 1 aromatic heterocycles. The summed E-state index contributed by atoms with van der Waals surface area (Å²) < 4.78 is 1.18. The predicted octanol–water partition coefficient (Wildman–Crippen LogP) is 0.832. The van der Waals surface area contributed by atoms with Crippen LogP contribution in [0, 0.1) is 10.1 Å². The number of hydrogen-bond acceptors (Lipinski definition) is 5. The van der Waals surface area contributed by atoms with Gasteiger partial charge in [0.15, 0.2) is 0 Å². The van der Waals surface area contributed by atoms with Gasteiger partial charge in [-0.15, -0.1) is 0 Å². The average Bonchev–Trinajstić information content (AvgIpc) is 2.64. The van der Waals surface area contributed by atoms with Gasteiger partial charge in [0, 0.05) is 17.2 Å². The average molecular weight is 255 g/mol. The van der Waals surface area contributed by atoms with Crippen LogP contribution in [-0.4, -0.2) is 42.6 Å². The molecule has 0 atom stereocenters. The van der Waals surface area contributed by atoms with Gasteiger partial charge in [-0.25, -0.2) is 0 Å². The summed E-state index contributed by atoms with van der Waals surface area (Å²) in [6.07, 6.45) is 1.19. The molecule has 0 aliphatic rings. The first-order valence-corrected chi connectivity index (χ1v) is 5.68. The van der Waals surface area contributed by atoms with E-state index in [4.69, 9.17) is 0 Å². The molecule has 0 bridgehead atoms. The number of nitro groups is 1. The van der Waals surface area contributed by atoms with Crippen LogP contribution in [0.15, 0.2) is 6.33 Å². The van der Waals surface area contributed by atoms with Crippen LogP contribution in [0.25, 0.3) is 0 Å². The maximum Gasteiger partial charge on any atom is 0.490 e. The Morgan fingerprint density at radius 2 is 2.00 bits per heavy atom. The Balaban J connectivity index is 2.76. The molecule has 0 N–H and O–H groups in total. The number of hydrogen-bond donors (Lipinski definition) is 0. The lowest BCUT2D eigenvalue weighted by atomic mass is 10.2. The third kappa shape index (κ3) is 3.25. The third-order valence-corrected chi connectivity index (χ3v) is 2.39. The maximum absolute atomic E-state index is 12.0. The molecule has 1 rings (SSSR count). The van der Waals surface area contributed by atoms with Crippen molar-refractivity contribution in [3.05, 3.63) is 16.4 Å².